The number of Topliss-reactive ketones (excluding diaryl/α,β-unsaturated/α-hetero) is 1. The Morgan fingerprint density at radius 1 is 0.909 bits per heavy atom. The van der Waals surface area contributed by atoms with Crippen molar-refractivity contribution in [2.24, 2.45) is 0 Å². The highest BCUT2D eigenvalue weighted by Crippen LogP contribution is 2.30. The molecule has 0 saturated carbocycles. The van der Waals surface area contributed by atoms with E-state index in [9.17, 15) is 4.79 Å². The van der Waals surface area contributed by atoms with Crippen LogP contribution in [0.25, 0.3) is 17.1 Å². The van der Waals surface area contributed by atoms with Crippen LogP contribution in [-0.4, -0.2) is 26.3 Å². The van der Waals surface area contributed by atoms with Gasteiger partial charge >= 0.3 is 0 Å². The fraction of sp³-hybridized carbons (Fsp3) is 0.250. The molecule has 0 aliphatic heterocycles. The van der Waals surface area contributed by atoms with E-state index >= 15 is 0 Å². The number of hydrogen-bond donors (Lipinski definition) is 0. The Bertz CT molecular complexity index is 1270. The Morgan fingerprint density at radius 2 is 1.61 bits per heavy atom. The summed E-state index contributed by atoms with van der Waals surface area (Å²) in [5.74, 6) is 1.17. The molecule has 0 atom stereocenters. The van der Waals surface area contributed by atoms with Crippen LogP contribution >= 0.6 is 11.8 Å². The van der Waals surface area contributed by atoms with Gasteiger partial charge in [0.2, 0.25) is 0 Å². The van der Waals surface area contributed by atoms with Crippen molar-refractivity contribution < 1.29 is 4.79 Å². The summed E-state index contributed by atoms with van der Waals surface area (Å²) in [6, 6.07) is 24.5. The van der Waals surface area contributed by atoms with E-state index in [1.54, 1.807) is 0 Å². The molecule has 3 aromatic carbocycles. The van der Waals surface area contributed by atoms with Crippen LogP contribution in [0, 0.1) is 13.8 Å². The number of benzene rings is 3. The molecular formula is C28H29N3OS. The summed E-state index contributed by atoms with van der Waals surface area (Å²) in [7, 11) is 0. The molecule has 0 unspecified atom stereocenters. The second-order valence-corrected chi connectivity index (χ2v) is 10.3. The number of aromatic nitrogens is 3. The lowest BCUT2D eigenvalue weighted by molar-refractivity contribution is 0.102. The van der Waals surface area contributed by atoms with Gasteiger partial charge in [-0.1, -0.05) is 92.7 Å². The molecule has 0 spiro atoms. The van der Waals surface area contributed by atoms with Gasteiger partial charge in [-0.25, -0.2) is 0 Å². The summed E-state index contributed by atoms with van der Waals surface area (Å²) in [6.07, 6.45) is 0. The van der Waals surface area contributed by atoms with Gasteiger partial charge in [-0.3, -0.25) is 9.36 Å². The van der Waals surface area contributed by atoms with Gasteiger partial charge in [-0.05, 0) is 48.6 Å². The Balaban J connectivity index is 1.67. The van der Waals surface area contributed by atoms with E-state index < -0.39 is 0 Å². The fourth-order valence-corrected chi connectivity index (χ4v) is 4.56. The van der Waals surface area contributed by atoms with E-state index in [2.05, 4.69) is 55.2 Å². The molecule has 0 saturated heterocycles. The molecule has 0 amide bonds. The standard InChI is InChI=1S/C28H29N3OS/c1-19-11-12-20(2)24(17-19)25(32)18-33-27-30-29-26(31(27)23-9-7-6-8-10-23)21-13-15-22(16-14-21)28(3,4)5/h6-17H,18H2,1-5H3. The molecule has 0 bridgehead atoms. The summed E-state index contributed by atoms with van der Waals surface area (Å²) < 4.78 is 2.03. The van der Waals surface area contributed by atoms with Crippen molar-refractivity contribution in [1.29, 1.82) is 0 Å². The predicted octanol–water partition coefficient (Wildman–Crippen LogP) is 6.82. The molecule has 4 aromatic rings. The van der Waals surface area contributed by atoms with Crippen LogP contribution in [0.2, 0.25) is 0 Å². The average Bonchev–Trinajstić information content (AvgIpc) is 3.23. The van der Waals surface area contributed by atoms with Gasteiger partial charge in [0.15, 0.2) is 16.8 Å². The highest BCUT2D eigenvalue weighted by Gasteiger charge is 2.19. The van der Waals surface area contributed by atoms with Crippen LogP contribution in [-0.2, 0) is 5.41 Å². The van der Waals surface area contributed by atoms with Gasteiger partial charge in [-0.15, -0.1) is 10.2 Å². The van der Waals surface area contributed by atoms with Gasteiger partial charge in [0.05, 0.1) is 5.75 Å². The molecular weight excluding hydrogens is 426 g/mol. The zero-order chi connectivity index (χ0) is 23.6. The molecule has 5 heteroatoms. The average molecular weight is 456 g/mol. The van der Waals surface area contributed by atoms with Crippen LogP contribution in [0.4, 0.5) is 0 Å². The molecule has 0 fully saturated rings. The second-order valence-electron chi connectivity index (χ2n) is 9.33. The molecule has 0 N–H and O–H groups in total. The molecule has 4 rings (SSSR count). The third kappa shape index (κ3) is 5.09. The Morgan fingerprint density at radius 3 is 2.27 bits per heavy atom. The Kier molecular flexibility index (Phi) is 6.52. The Hall–Kier alpha value is -3.18. The summed E-state index contributed by atoms with van der Waals surface area (Å²) in [5, 5.41) is 9.69. The summed E-state index contributed by atoms with van der Waals surface area (Å²) >= 11 is 1.42. The highest BCUT2D eigenvalue weighted by molar-refractivity contribution is 7.99. The molecule has 0 radical (unpaired) electrons. The van der Waals surface area contributed by atoms with Gasteiger partial charge in [0.1, 0.15) is 0 Å². The number of para-hydroxylation sites is 1. The SMILES string of the molecule is Cc1ccc(C)c(C(=O)CSc2nnc(-c3ccc(C(C)(C)C)cc3)n2-c2ccccc2)c1. The van der Waals surface area contributed by atoms with Crippen LogP contribution in [0.3, 0.4) is 0 Å². The van der Waals surface area contributed by atoms with Gasteiger partial charge in [0.25, 0.3) is 0 Å². The van der Waals surface area contributed by atoms with E-state index in [4.69, 9.17) is 0 Å². The smallest absolute Gasteiger partial charge is 0.196 e. The van der Waals surface area contributed by atoms with Gasteiger partial charge in [0, 0.05) is 16.8 Å². The van der Waals surface area contributed by atoms with Gasteiger partial charge in [-0.2, -0.15) is 0 Å². The van der Waals surface area contributed by atoms with Crippen molar-refractivity contribution >= 4 is 17.5 Å². The normalized spacial score (nSPS) is 11.5. The van der Waals surface area contributed by atoms with Crippen molar-refractivity contribution in [3.63, 3.8) is 0 Å². The zero-order valence-electron chi connectivity index (χ0n) is 19.8. The number of ketones is 1. The first kappa shape index (κ1) is 23.0. The number of thioether (sulfide) groups is 1. The molecule has 0 aliphatic carbocycles. The molecule has 168 valence electrons. The molecule has 33 heavy (non-hydrogen) atoms. The number of rotatable bonds is 6. The van der Waals surface area contributed by atoms with E-state index in [0.29, 0.717) is 10.9 Å². The summed E-state index contributed by atoms with van der Waals surface area (Å²) in [6.45, 7) is 10.6. The third-order valence-electron chi connectivity index (χ3n) is 5.68. The van der Waals surface area contributed by atoms with Crippen LogP contribution < -0.4 is 0 Å². The lowest BCUT2D eigenvalue weighted by Gasteiger charge is -2.19. The van der Waals surface area contributed by atoms with Crippen molar-refractivity contribution in [3.05, 3.63) is 95.1 Å². The van der Waals surface area contributed by atoms with Crippen molar-refractivity contribution in [2.45, 2.75) is 45.2 Å². The van der Waals surface area contributed by atoms with Crippen LogP contribution in [0.1, 0.15) is 47.8 Å². The van der Waals surface area contributed by atoms with E-state index in [1.807, 2.05) is 66.9 Å². The maximum absolute atomic E-state index is 13.0. The largest absolute Gasteiger partial charge is 0.293 e. The fourth-order valence-electron chi connectivity index (χ4n) is 3.72. The van der Waals surface area contributed by atoms with Crippen molar-refractivity contribution in [2.75, 3.05) is 5.75 Å². The highest BCUT2D eigenvalue weighted by atomic mass is 32.2. The monoisotopic (exact) mass is 455 g/mol. The first-order valence-electron chi connectivity index (χ1n) is 11.1. The number of aryl methyl sites for hydroxylation is 2. The quantitative estimate of drug-likeness (QED) is 0.236. The lowest BCUT2D eigenvalue weighted by Crippen LogP contribution is -2.10. The minimum Gasteiger partial charge on any atom is -0.293 e. The Labute approximate surface area is 200 Å². The minimum absolute atomic E-state index is 0.0843. The third-order valence-corrected chi connectivity index (χ3v) is 6.61. The van der Waals surface area contributed by atoms with Crippen molar-refractivity contribution in [3.8, 4) is 17.1 Å². The van der Waals surface area contributed by atoms with Crippen molar-refractivity contribution in [1.82, 2.24) is 14.8 Å². The second kappa shape index (κ2) is 9.36. The topological polar surface area (TPSA) is 47.8 Å². The van der Waals surface area contributed by atoms with E-state index in [1.165, 1.54) is 17.3 Å². The summed E-state index contributed by atoms with van der Waals surface area (Å²) in [4.78, 5) is 13.0. The zero-order valence-corrected chi connectivity index (χ0v) is 20.6. The molecule has 4 nitrogen and oxygen atoms in total. The molecule has 1 aromatic heterocycles. The number of carbonyl (C=O) groups excluding carboxylic acids is 1. The first-order chi connectivity index (χ1) is 15.7. The predicted molar refractivity (Wildman–Crippen MR) is 136 cm³/mol. The summed E-state index contributed by atoms with van der Waals surface area (Å²) in [5.41, 5.74) is 6.17. The lowest BCUT2D eigenvalue weighted by atomic mass is 9.87. The van der Waals surface area contributed by atoms with E-state index in [-0.39, 0.29) is 11.2 Å². The van der Waals surface area contributed by atoms with E-state index in [0.717, 1.165) is 33.8 Å². The minimum atomic E-state index is 0.0843. The first-order valence-corrected chi connectivity index (χ1v) is 12.1. The van der Waals surface area contributed by atoms with Crippen LogP contribution in [0.15, 0.2) is 78.0 Å². The molecule has 1 heterocycles. The maximum Gasteiger partial charge on any atom is 0.196 e. The number of nitrogens with zero attached hydrogens (tertiary/aromatic N) is 3. The molecule has 0 aliphatic rings. The van der Waals surface area contributed by atoms with Crippen LogP contribution in [0.5, 0.6) is 0 Å². The maximum atomic E-state index is 13.0. The number of hydrogen-bond acceptors (Lipinski definition) is 4. The van der Waals surface area contributed by atoms with Gasteiger partial charge < -0.3 is 0 Å². The number of carbonyl (C=O) groups is 1.